The van der Waals surface area contributed by atoms with Crippen LogP contribution in [-0.2, 0) is 16.6 Å². The smallest absolute Gasteiger partial charge is 0.239 e. The summed E-state index contributed by atoms with van der Waals surface area (Å²) < 4.78 is 6.80. The van der Waals surface area contributed by atoms with Crippen molar-refractivity contribution < 1.29 is 9.53 Å². The van der Waals surface area contributed by atoms with Crippen molar-refractivity contribution in [3.8, 4) is 0 Å². The van der Waals surface area contributed by atoms with Crippen molar-refractivity contribution in [2.75, 3.05) is 38.7 Å². The predicted molar refractivity (Wildman–Crippen MR) is 68.3 cm³/mol. The minimum absolute atomic E-state index is 0.00762. The zero-order valence-electron chi connectivity index (χ0n) is 10.9. The summed E-state index contributed by atoms with van der Waals surface area (Å²) in [4.78, 5) is 14.0. The van der Waals surface area contributed by atoms with Gasteiger partial charge in [-0.1, -0.05) is 0 Å². The van der Waals surface area contributed by atoms with Crippen LogP contribution in [0.4, 0.5) is 5.82 Å². The number of hydrogen-bond acceptors (Lipinski definition) is 4. The van der Waals surface area contributed by atoms with Gasteiger partial charge in [0.2, 0.25) is 5.91 Å². The fourth-order valence-corrected chi connectivity index (χ4v) is 2.30. The number of amides is 1. The molecule has 0 aliphatic carbocycles. The van der Waals surface area contributed by atoms with E-state index in [9.17, 15) is 4.79 Å². The van der Waals surface area contributed by atoms with Crippen LogP contribution in [0.5, 0.6) is 0 Å². The fourth-order valence-electron chi connectivity index (χ4n) is 2.30. The van der Waals surface area contributed by atoms with Crippen LogP contribution < -0.4 is 5.32 Å². The molecule has 1 saturated heterocycles. The number of hydrogen-bond donors (Lipinski definition) is 1. The maximum Gasteiger partial charge on any atom is 0.239 e. The Bertz CT molecular complexity index is 405. The topological polar surface area (TPSA) is 59.4 Å². The number of nitrogens with zero attached hydrogens (tertiary/aromatic N) is 3. The van der Waals surface area contributed by atoms with Gasteiger partial charge in [0, 0.05) is 33.0 Å². The second-order valence-corrected chi connectivity index (χ2v) is 4.77. The normalized spacial score (nSPS) is 20.2. The second kappa shape index (κ2) is 5.97. The van der Waals surface area contributed by atoms with Crippen molar-refractivity contribution in [2.45, 2.75) is 6.42 Å². The largest absolute Gasteiger partial charge is 0.384 e. The van der Waals surface area contributed by atoms with Gasteiger partial charge < -0.3 is 10.1 Å². The molecule has 6 heteroatoms. The molecule has 1 unspecified atom stereocenters. The maximum absolute atomic E-state index is 11.8. The molecule has 0 saturated carbocycles. The number of aromatic nitrogens is 2. The highest BCUT2D eigenvalue weighted by molar-refractivity contribution is 5.91. The zero-order valence-corrected chi connectivity index (χ0v) is 10.9. The Balaban J connectivity index is 1.75. The van der Waals surface area contributed by atoms with Crippen LogP contribution in [0, 0.1) is 5.92 Å². The molecule has 0 bridgehead atoms. The van der Waals surface area contributed by atoms with Crippen LogP contribution in [0.25, 0.3) is 0 Å². The van der Waals surface area contributed by atoms with Crippen molar-refractivity contribution in [2.24, 2.45) is 13.0 Å². The summed E-state index contributed by atoms with van der Waals surface area (Å²) in [6, 6.07) is 1.79. The first-order valence-electron chi connectivity index (χ1n) is 6.18. The SMILES string of the molecule is COCC1CCN(CC(=O)Nc2ccn(C)n2)C1. The molecule has 100 valence electrons. The molecule has 1 aliphatic heterocycles. The number of rotatable bonds is 5. The summed E-state index contributed by atoms with van der Waals surface area (Å²) in [5, 5.41) is 6.91. The third kappa shape index (κ3) is 3.54. The highest BCUT2D eigenvalue weighted by Gasteiger charge is 2.23. The molecule has 1 aromatic heterocycles. The Morgan fingerprint density at radius 2 is 2.50 bits per heavy atom. The third-order valence-corrected chi connectivity index (χ3v) is 3.12. The van der Waals surface area contributed by atoms with E-state index in [1.165, 1.54) is 0 Å². The Morgan fingerprint density at radius 3 is 3.17 bits per heavy atom. The summed E-state index contributed by atoms with van der Waals surface area (Å²) in [5.41, 5.74) is 0. The fraction of sp³-hybridized carbons (Fsp3) is 0.667. The Morgan fingerprint density at radius 1 is 1.67 bits per heavy atom. The highest BCUT2D eigenvalue weighted by atomic mass is 16.5. The Kier molecular flexibility index (Phi) is 4.33. The molecule has 1 fully saturated rings. The van der Waals surface area contributed by atoms with E-state index in [0.717, 1.165) is 26.1 Å². The molecule has 1 N–H and O–H groups in total. The molecule has 1 amide bonds. The van der Waals surface area contributed by atoms with Gasteiger partial charge in [-0.15, -0.1) is 0 Å². The van der Waals surface area contributed by atoms with Gasteiger partial charge in [-0.3, -0.25) is 14.4 Å². The lowest BCUT2D eigenvalue weighted by molar-refractivity contribution is -0.117. The minimum atomic E-state index is -0.00762. The first-order valence-corrected chi connectivity index (χ1v) is 6.18. The molecule has 6 nitrogen and oxygen atoms in total. The molecule has 0 radical (unpaired) electrons. The van der Waals surface area contributed by atoms with Crippen molar-refractivity contribution in [1.82, 2.24) is 14.7 Å². The van der Waals surface area contributed by atoms with Gasteiger partial charge >= 0.3 is 0 Å². The first kappa shape index (κ1) is 13.0. The quantitative estimate of drug-likeness (QED) is 0.820. The van der Waals surface area contributed by atoms with Crippen LogP contribution in [0.1, 0.15) is 6.42 Å². The average molecular weight is 252 g/mol. The van der Waals surface area contributed by atoms with E-state index in [1.807, 2.05) is 7.05 Å². The standard InChI is InChI=1S/C12H20N4O2/c1-15-5-4-11(14-15)13-12(17)8-16-6-3-10(7-16)9-18-2/h4-5,10H,3,6-9H2,1-2H3,(H,13,14,17). The summed E-state index contributed by atoms with van der Waals surface area (Å²) >= 11 is 0. The third-order valence-electron chi connectivity index (χ3n) is 3.12. The van der Waals surface area contributed by atoms with Crippen molar-refractivity contribution in [3.63, 3.8) is 0 Å². The van der Waals surface area contributed by atoms with Gasteiger partial charge in [0.25, 0.3) is 0 Å². The molecule has 0 aromatic carbocycles. The minimum Gasteiger partial charge on any atom is -0.384 e. The van der Waals surface area contributed by atoms with Gasteiger partial charge in [-0.05, 0) is 18.9 Å². The van der Waals surface area contributed by atoms with Crippen molar-refractivity contribution in [3.05, 3.63) is 12.3 Å². The van der Waals surface area contributed by atoms with Crippen molar-refractivity contribution in [1.29, 1.82) is 0 Å². The number of likely N-dealkylation sites (tertiary alicyclic amines) is 1. The number of nitrogens with one attached hydrogen (secondary N) is 1. The van der Waals surface area contributed by atoms with E-state index < -0.39 is 0 Å². The Labute approximate surface area is 107 Å². The molecular weight excluding hydrogens is 232 g/mol. The molecule has 2 rings (SSSR count). The number of carbonyl (C=O) groups excluding carboxylic acids is 1. The van der Waals surface area contributed by atoms with Gasteiger partial charge in [0.1, 0.15) is 0 Å². The molecule has 1 atom stereocenters. The molecule has 0 spiro atoms. The van der Waals surface area contributed by atoms with E-state index in [0.29, 0.717) is 18.3 Å². The predicted octanol–water partition coefficient (Wildman–Crippen LogP) is 0.327. The molecule has 2 heterocycles. The summed E-state index contributed by atoms with van der Waals surface area (Å²) in [5.74, 6) is 1.15. The number of carbonyl (C=O) groups is 1. The highest BCUT2D eigenvalue weighted by Crippen LogP contribution is 2.15. The lowest BCUT2D eigenvalue weighted by Gasteiger charge is -2.14. The maximum atomic E-state index is 11.8. The van der Waals surface area contributed by atoms with Crippen LogP contribution in [0.3, 0.4) is 0 Å². The van der Waals surface area contributed by atoms with E-state index in [1.54, 1.807) is 24.1 Å². The lowest BCUT2D eigenvalue weighted by atomic mass is 10.1. The monoisotopic (exact) mass is 252 g/mol. The van der Waals surface area contributed by atoms with E-state index in [-0.39, 0.29) is 5.91 Å². The van der Waals surface area contributed by atoms with E-state index >= 15 is 0 Å². The van der Waals surface area contributed by atoms with Gasteiger partial charge in [-0.2, -0.15) is 5.10 Å². The zero-order chi connectivity index (χ0) is 13.0. The average Bonchev–Trinajstić information content (AvgIpc) is 2.89. The molecular formula is C12H20N4O2. The molecule has 18 heavy (non-hydrogen) atoms. The lowest BCUT2D eigenvalue weighted by Crippen LogP contribution is -2.32. The summed E-state index contributed by atoms with van der Waals surface area (Å²) in [7, 11) is 3.54. The Hall–Kier alpha value is -1.40. The van der Waals surface area contributed by atoms with Gasteiger partial charge in [0.15, 0.2) is 5.82 Å². The van der Waals surface area contributed by atoms with E-state index in [4.69, 9.17) is 4.74 Å². The second-order valence-electron chi connectivity index (χ2n) is 4.77. The number of anilines is 1. The van der Waals surface area contributed by atoms with Gasteiger partial charge in [-0.25, -0.2) is 0 Å². The van der Waals surface area contributed by atoms with Crippen LogP contribution in [0.15, 0.2) is 12.3 Å². The number of ether oxygens (including phenoxy) is 1. The van der Waals surface area contributed by atoms with Crippen LogP contribution in [-0.4, -0.2) is 53.9 Å². The molecule has 1 aromatic rings. The first-order chi connectivity index (χ1) is 8.67. The number of methoxy groups -OCH3 is 1. The summed E-state index contributed by atoms with van der Waals surface area (Å²) in [6.45, 7) is 3.10. The number of aryl methyl sites for hydroxylation is 1. The van der Waals surface area contributed by atoms with Crippen LogP contribution in [0.2, 0.25) is 0 Å². The van der Waals surface area contributed by atoms with Gasteiger partial charge in [0.05, 0.1) is 13.2 Å². The van der Waals surface area contributed by atoms with Crippen molar-refractivity contribution >= 4 is 11.7 Å². The van der Waals surface area contributed by atoms with Crippen LogP contribution >= 0.6 is 0 Å². The molecule has 1 aliphatic rings. The summed E-state index contributed by atoms with van der Waals surface area (Å²) in [6.07, 6.45) is 2.91. The van der Waals surface area contributed by atoms with E-state index in [2.05, 4.69) is 15.3 Å².